The molecule has 1 aliphatic rings. The highest BCUT2D eigenvalue weighted by Gasteiger charge is 2.23. The summed E-state index contributed by atoms with van der Waals surface area (Å²) < 4.78 is 0. The molecular weight excluding hydrogens is 176 g/mol. The van der Waals surface area contributed by atoms with Gasteiger partial charge in [-0.05, 0) is 19.3 Å². The molecule has 1 saturated carbocycles. The smallest absolute Gasteiger partial charge is 0.222 e. The Hall–Kier alpha value is -1.32. The molecule has 14 heavy (non-hydrogen) atoms. The van der Waals surface area contributed by atoms with E-state index in [1.165, 1.54) is 19.3 Å². The number of nitrogens with one attached hydrogen (secondary N) is 1. The van der Waals surface area contributed by atoms with Crippen molar-refractivity contribution in [3.05, 3.63) is 12.4 Å². The summed E-state index contributed by atoms with van der Waals surface area (Å²) in [6.45, 7) is 2.16. The second-order valence-electron chi connectivity index (χ2n) is 4.06. The summed E-state index contributed by atoms with van der Waals surface area (Å²) >= 11 is 0. The standard InChI is InChI=1S/C10H16N4/c1-7(4-8-2-3-8)14-10-12-5-9(11)6-13-10/h5-8H,2-4,11H2,1H3,(H,12,13,14). The number of nitrogen functional groups attached to an aromatic ring is 1. The molecule has 1 heterocycles. The van der Waals surface area contributed by atoms with E-state index in [4.69, 9.17) is 5.73 Å². The lowest BCUT2D eigenvalue weighted by Gasteiger charge is -2.12. The Labute approximate surface area is 83.9 Å². The van der Waals surface area contributed by atoms with Gasteiger partial charge >= 0.3 is 0 Å². The average Bonchev–Trinajstić information content (AvgIpc) is 2.93. The number of nitrogens with zero attached hydrogens (tertiary/aromatic N) is 2. The highest BCUT2D eigenvalue weighted by atomic mass is 15.1. The molecule has 0 amide bonds. The summed E-state index contributed by atoms with van der Waals surface area (Å²) in [4.78, 5) is 8.20. The van der Waals surface area contributed by atoms with Crippen molar-refractivity contribution in [1.29, 1.82) is 0 Å². The Kier molecular flexibility index (Phi) is 2.52. The van der Waals surface area contributed by atoms with Gasteiger partial charge in [0.05, 0.1) is 18.1 Å². The monoisotopic (exact) mass is 192 g/mol. The number of anilines is 2. The lowest BCUT2D eigenvalue weighted by molar-refractivity contribution is 0.637. The molecule has 0 aliphatic heterocycles. The fourth-order valence-corrected chi connectivity index (χ4v) is 1.55. The molecule has 4 heteroatoms. The van der Waals surface area contributed by atoms with Crippen molar-refractivity contribution in [2.45, 2.75) is 32.2 Å². The molecule has 1 atom stereocenters. The van der Waals surface area contributed by atoms with Crippen molar-refractivity contribution in [1.82, 2.24) is 9.97 Å². The van der Waals surface area contributed by atoms with Crippen molar-refractivity contribution in [2.75, 3.05) is 11.1 Å². The molecular formula is C10H16N4. The number of nitrogens with two attached hydrogens (primary N) is 1. The maximum atomic E-state index is 5.50. The normalized spacial score (nSPS) is 17.8. The zero-order valence-corrected chi connectivity index (χ0v) is 8.40. The minimum atomic E-state index is 0.450. The van der Waals surface area contributed by atoms with E-state index < -0.39 is 0 Å². The van der Waals surface area contributed by atoms with Crippen molar-refractivity contribution in [3.63, 3.8) is 0 Å². The predicted molar refractivity (Wildman–Crippen MR) is 56.9 cm³/mol. The molecule has 0 bridgehead atoms. The molecule has 1 aromatic heterocycles. The minimum Gasteiger partial charge on any atom is -0.396 e. The van der Waals surface area contributed by atoms with Crippen LogP contribution in [0.1, 0.15) is 26.2 Å². The number of aromatic nitrogens is 2. The third kappa shape index (κ3) is 2.58. The van der Waals surface area contributed by atoms with E-state index in [1.807, 2.05) is 0 Å². The van der Waals surface area contributed by atoms with E-state index >= 15 is 0 Å². The van der Waals surface area contributed by atoms with Gasteiger partial charge in [-0.3, -0.25) is 0 Å². The van der Waals surface area contributed by atoms with E-state index in [-0.39, 0.29) is 0 Å². The van der Waals surface area contributed by atoms with Crippen molar-refractivity contribution >= 4 is 11.6 Å². The van der Waals surface area contributed by atoms with Crippen LogP contribution in [0, 0.1) is 5.92 Å². The van der Waals surface area contributed by atoms with Gasteiger partial charge in [0.25, 0.3) is 0 Å². The summed E-state index contributed by atoms with van der Waals surface area (Å²) in [6, 6.07) is 0.450. The van der Waals surface area contributed by atoms with E-state index in [9.17, 15) is 0 Å². The van der Waals surface area contributed by atoms with Crippen LogP contribution in [0.5, 0.6) is 0 Å². The van der Waals surface area contributed by atoms with Gasteiger partial charge in [-0.25, -0.2) is 9.97 Å². The fraction of sp³-hybridized carbons (Fsp3) is 0.600. The molecule has 0 radical (unpaired) electrons. The molecule has 0 spiro atoms. The molecule has 0 aromatic carbocycles. The lowest BCUT2D eigenvalue weighted by Crippen LogP contribution is -2.17. The molecule has 1 unspecified atom stereocenters. The van der Waals surface area contributed by atoms with Crippen LogP contribution in [-0.4, -0.2) is 16.0 Å². The first kappa shape index (κ1) is 9.24. The largest absolute Gasteiger partial charge is 0.396 e. The molecule has 3 N–H and O–H groups in total. The Morgan fingerprint density at radius 3 is 2.71 bits per heavy atom. The van der Waals surface area contributed by atoms with E-state index in [0.29, 0.717) is 17.7 Å². The summed E-state index contributed by atoms with van der Waals surface area (Å²) in [5.74, 6) is 1.60. The first-order chi connectivity index (χ1) is 6.74. The molecule has 1 aromatic rings. The Morgan fingerprint density at radius 1 is 1.50 bits per heavy atom. The summed E-state index contributed by atoms with van der Waals surface area (Å²) in [6.07, 6.45) is 7.23. The van der Waals surface area contributed by atoms with Crippen molar-refractivity contribution < 1.29 is 0 Å². The van der Waals surface area contributed by atoms with Crippen LogP contribution in [0.4, 0.5) is 11.6 Å². The summed E-state index contributed by atoms with van der Waals surface area (Å²) in [7, 11) is 0. The van der Waals surface area contributed by atoms with Gasteiger partial charge in [0, 0.05) is 6.04 Å². The molecule has 2 rings (SSSR count). The summed E-state index contributed by atoms with van der Waals surface area (Å²) in [5.41, 5.74) is 6.10. The van der Waals surface area contributed by atoms with Gasteiger partial charge in [-0.15, -0.1) is 0 Å². The van der Waals surface area contributed by atoms with E-state index in [0.717, 1.165) is 5.92 Å². The van der Waals surface area contributed by atoms with Gasteiger partial charge in [-0.2, -0.15) is 0 Å². The van der Waals surface area contributed by atoms with Crippen LogP contribution in [0.15, 0.2) is 12.4 Å². The van der Waals surface area contributed by atoms with Crippen molar-refractivity contribution in [3.8, 4) is 0 Å². The Morgan fingerprint density at radius 2 is 2.14 bits per heavy atom. The second-order valence-corrected chi connectivity index (χ2v) is 4.06. The SMILES string of the molecule is CC(CC1CC1)Nc1ncc(N)cn1. The van der Waals surface area contributed by atoms with Gasteiger partial charge in [0.15, 0.2) is 0 Å². The highest BCUT2D eigenvalue weighted by molar-refractivity contribution is 5.36. The number of hydrogen-bond donors (Lipinski definition) is 2. The lowest BCUT2D eigenvalue weighted by atomic mass is 10.2. The van der Waals surface area contributed by atoms with Crippen LogP contribution in [-0.2, 0) is 0 Å². The first-order valence-electron chi connectivity index (χ1n) is 5.08. The maximum Gasteiger partial charge on any atom is 0.222 e. The molecule has 4 nitrogen and oxygen atoms in total. The van der Waals surface area contributed by atoms with Gasteiger partial charge in [-0.1, -0.05) is 12.8 Å². The second kappa shape index (κ2) is 3.82. The zero-order chi connectivity index (χ0) is 9.97. The van der Waals surface area contributed by atoms with Gasteiger partial charge < -0.3 is 11.1 Å². The van der Waals surface area contributed by atoms with Crippen LogP contribution in [0.25, 0.3) is 0 Å². The van der Waals surface area contributed by atoms with Crippen LogP contribution in [0.2, 0.25) is 0 Å². The van der Waals surface area contributed by atoms with Crippen LogP contribution in [0.3, 0.4) is 0 Å². The highest BCUT2D eigenvalue weighted by Crippen LogP contribution is 2.33. The van der Waals surface area contributed by atoms with Crippen molar-refractivity contribution in [2.24, 2.45) is 5.92 Å². The van der Waals surface area contributed by atoms with Gasteiger partial charge in [0.2, 0.25) is 5.95 Å². The minimum absolute atomic E-state index is 0.450. The third-order valence-corrected chi connectivity index (χ3v) is 2.43. The first-order valence-corrected chi connectivity index (χ1v) is 5.08. The van der Waals surface area contributed by atoms with Crippen LogP contribution >= 0.6 is 0 Å². The number of rotatable bonds is 4. The van der Waals surface area contributed by atoms with Crippen LogP contribution < -0.4 is 11.1 Å². The molecule has 1 fully saturated rings. The maximum absolute atomic E-state index is 5.50. The average molecular weight is 192 g/mol. The quantitative estimate of drug-likeness (QED) is 0.761. The van der Waals surface area contributed by atoms with E-state index in [1.54, 1.807) is 12.4 Å². The predicted octanol–water partition coefficient (Wildman–Crippen LogP) is 1.66. The fourth-order valence-electron chi connectivity index (χ4n) is 1.55. The number of hydrogen-bond acceptors (Lipinski definition) is 4. The molecule has 1 aliphatic carbocycles. The Balaban J connectivity index is 1.85. The molecule has 76 valence electrons. The Bertz CT molecular complexity index is 291. The topological polar surface area (TPSA) is 63.8 Å². The summed E-state index contributed by atoms with van der Waals surface area (Å²) in [5, 5.41) is 3.26. The van der Waals surface area contributed by atoms with Gasteiger partial charge in [0.1, 0.15) is 0 Å². The zero-order valence-electron chi connectivity index (χ0n) is 8.40. The molecule has 0 saturated heterocycles. The third-order valence-electron chi connectivity index (χ3n) is 2.43. The van der Waals surface area contributed by atoms with E-state index in [2.05, 4.69) is 22.2 Å².